The average Bonchev–Trinajstić information content (AvgIpc) is 2.32. The van der Waals surface area contributed by atoms with E-state index >= 15 is 0 Å². The highest BCUT2D eigenvalue weighted by atomic mass is 35.5. The maximum atomic E-state index is 6.11. The molecule has 0 bridgehead atoms. The zero-order valence-corrected chi connectivity index (χ0v) is 10.9. The van der Waals surface area contributed by atoms with Crippen LogP contribution in [-0.4, -0.2) is 0 Å². The molecule has 0 aliphatic carbocycles. The molecule has 17 heavy (non-hydrogen) atoms. The van der Waals surface area contributed by atoms with Crippen molar-refractivity contribution < 1.29 is 4.74 Å². The fraction of sp³-hybridized carbons (Fsp3) is 0.143. The molecule has 0 atom stereocenters. The van der Waals surface area contributed by atoms with E-state index in [-0.39, 0.29) is 0 Å². The van der Waals surface area contributed by atoms with Gasteiger partial charge in [-0.2, -0.15) is 0 Å². The van der Waals surface area contributed by atoms with Crippen molar-refractivity contribution in [3.05, 3.63) is 58.6 Å². The number of hydrogen-bond donors (Lipinski definition) is 0. The first-order valence-corrected chi connectivity index (χ1v) is 6.19. The lowest BCUT2D eigenvalue weighted by Gasteiger charge is -2.08. The van der Waals surface area contributed by atoms with Gasteiger partial charge in [0.25, 0.3) is 0 Å². The van der Waals surface area contributed by atoms with E-state index in [0.29, 0.717) is 16.7 Å². The summed E-state index contributed by atoms with van der Waals surface area (Å²) in [5.74, 6) is 1.88. The summed E-state index contributed by atoms with van der Waals surface area (Å²) in [6, 6.07) is 13.4. The van der Waals surface area contributed by atoms with Gasteiger partial charge in [-0.25, -0.2) is 0 Å². The van der Waals surface area contributed by atoms with Crippen LogP contribution in [-0.2, 0) is 5.88 Å². The van der Waals surface area contributed by atoms with Crippen LogP contribution in [0, 0.1) is 6.92 Å². The van der Waals surface area contributed by atoms with E-state index in [1.54, 1.807) is 0 Å². The maximum Gasteiger partial charge on any atom is 0.146 e. The Morgan fingerprint density at radius 3 is 2.59 bits per heavy atom. The first-order valence-electron chi connectivity index (χ1n) is 5.28. The standard InChI is InChI=1S/C14H12Cl2O/c1-10-3-2-4-12(7-10)17-14-6-5-11(9-15)8-13(14)16/h2-8H,9H2,1H3. The minimum absolute atomic E-state index is 0.449. The molecule has 0 saturated carbocycles. The van der Waals surface area contributed by atoms with Gasteiger partial charge in [-0.15, -0.1) is 11.6 Å². The molecule has 0 aromatic heterocycles. The van der Waals surface area contributed by atoms with Crippen molar-refractivity contribution in [2.75, 3.05) is 0 Å². The second-order valence-corrected chi connectivity index (χ2v) is 4.49. The molecule has 88 valence electrons. The van der Waals surface area contributed by atoms with Crippen LogP contribution in [0.5, 0.6) is 11.5 Å². The third-order valence-electron chi connectivity index (χ3n) is 2.37. The second kappa shape index (κ2) is 5.44. The predicted octanol–water partition coefficient (Wildman–Crippen LogP) is 5.18. The number of halogens is 2. The van der Waals surface area contributed by atoms with Crippen LogP contribution in [0.1, 0.15) is 11.1 Å². The average molecular weight is 267 g/mol. The highest BCUT2D eigenvalue weighted by Crippen LogP contribution is 2.30. The lowest BCUT2D eigenvalue weighted by Crippen LogP contribution is -1.87. The van der Waals surface area contributed by atoms with E-state index in [9.17, 15) is 0 Å². The Morgan fingerprint density at radius 1 is 1.12 bits per heavy atom. The normalized spacial score (nSPS) is 10.3. The van der Waals surface area contributed by atoms with Gasteiger partial charge in [0.05, 0.1) is 5.02 Å². The van der Waals surface area contributed by atoms with E-state index in [2.05, 4.69) is 0 Å². The molecule has 0 aliphatic heterocycles. The molecule has 0 saturated heterocycles. The maximum absolute atomic E-state index is 6.11. The minimum atomic E-state index is 0.449. The Bertz CT molecular complexity index is 523. The predicted molar refractivity (Wildman–Crippen MR) is 72.3 cm³/mol. The molecule has 0 aliphatic rings. The Morgan fingerprint density at radius 2 is 1.94 bits per heavy atom. The summed E-state index contributed by atoms with van der Waals surface area (Å²) in [6.45, 7) is 2.02. The Balaban J connectivity index is 2.24. The highest BCUT2D eigenvalue weighted by molar-refractivity contribution is 6.32. The molecule has 2 aromatic carbocycles. The molecule has 0 fully saturated rings. The van der Waals surface area contributed by atoms with Crippen LogP contribution in [0.15, 0.2) is 42.5 Å². The second-order valence-electron chi connectivity index (χ2n) is 3.82. The van der Waals surface area contributed by atoms with Crippen LogP contribution in [0.3, 0.4) is 0 Å². The third kappa shape index (κ3) is 3.15. The largest absolute Gasteiger partial charge is 0.456 e. The lowest BCUT2D eigenvalue weighted by molar-refractivity contribution is 0.482. The van der Waals surface area contributed by atoms with E-state index < -0.39 is 0 Å². The molecule has 0 unspecified atom stereocenters. The van der Waals surface area contributed by atoms with Crippen molar-refractivity contribution in [3.63, 3.8) is 0 Å². The first-order chi connectivity index (χ1) is 8.19. The van der Waals surface area contributed by atoms with Crippen LogP contribution >= 0.6 is 23.2 Å². The number of alkyl halides is 1. The van der Waals surface area contributed by atoms with Crippen molar-refractivity contribution in [2.45, 2.75) is 12.8 Å². The highest BCUT2D eigenvalue weighted by Gasteiger charge is 2.04. The Labute approximate surface area is 111 Å². The Hall–Kier alpha value is -1.18. The van der Waals surface area contributed by atoms with Crippen LogP contribution < -0.4 is 4.74 Å². The van der Waals surface area contributed by atoms with Gasteiger partial charge >= 0.3 is 0 Å². The summed E-state index contributed by atoms with van der Waals surface area (Å²) in [5.41, 5.74) is 2.13. The molecule has 0 heterocycles. The molecule has 0 N–H and O–H groups in total. The van der Waals surface area contributed by atoms with Crippen molar-refractivity contribution in [2.24, 2.45) is 0 Å². The molecule has 0 spiro atoms. The van der Waals surface area contributed by atoms with Crippen molar-refractivity contribution in [1.29, 1.82) is 0 Å². The van der Waals surface area contributed by atoms with Crippen LogP contribution in [0.2, 0.25) is 5.02 Å². The van der Waals surface area contributed by atoms with Crippen LogP contribution in [0.25, 0.3) is 0 Å². The third-order valence-corrected chi connectivity index (χ3v) is 2.97. The van der Waals surface area contributed by atoms with Gasteiger partial charge in [0, 0.05) is 5.88 Å². The summed E-state index contributed by atoms with van der Waals surface area (Å²) >= 11 is 11.8. The topological polar surface area (TPSA) is 9.23 Å². The van der Waals surface area contributed by atoms with Gasteiger partial charge in [-0.05, 0) is 42.3 Å². The lowest BCUT2D eigenvalue weighted by atomic mass is 10.2. The zero-order valence-electron chi connectivity index (χ0n) is 9.41. The SMILES string of the molecule is Cc1cccc(Oc2ccc(CCl)cc2Cl)c1. The molecule has 1 nitrogen and oxygen atoms in total. The summed E-state index contributed by atoms with van der Waals surface area (Å²) in [7, 11) is 0. The van der Waals surface area contributed by atoms with Gasteiger partial charge in [0.1, 0.15) is 11.5 Å². The molecule has 3 heteroatoms. The fourth-order valence-electron chi connectivity index (χ4n) is 1.52. The molecule has 0 amide bonds. The summed E-state index contributed by atoms with van der Waals surface area (Å²) < 4.78 is 5.71. The number of aryl methyl sites for hydroxylation is 1. The zero-order chi connectivity index (χ0) is 12.3. The van der Waals surface area contributed by atoms with E-state index in [1.165, 1.54) is 0 Å². The number of rotatable bonds is 3. The Kier molecular flexibility index (Phi) is 3.93. The monoisotopic (exact) mass is 266 g/mol. The minimum Gasteiger partial charge on any atom is -0.456 e. The number of ether oxygens (including phenoxy) is 1. The smallest absolute Gasteiger partial charge is 0.146 e. The molecule has 2 aromatic rings. The first kappa shape index (κ1) is 12.3. The molecule has 0 radical (unpaired) electrons. The number of hydrogen-bond acceptors (Lipinski definition) is 1. The van der Waals surface area contributed by atoms with Crippen LogP contribution in [0.4, 0.5) is 0 Å². The van der Waals surface area contributed by atoms with E-state index in [0.717, 1.165) is 16.9 Å². The van der Waals surface area contributed by atoms with E-state index in [4.69, 9.17) is 27.9 Å². The summed E-state index contributed by atoms with van der Waals surface area (Å²) in [6.07, 6.45) is 0. The van der Waals surface area contributed by atoms with E-state index in [1.807, 2.05) is 49.4 Å². The van der Waals surface area contributed by atoms with Gasteiger partial charge in [0.15, 0.2) is 0 Å². The van der Waals surface area contributed by atoms with Crippen molar-refractivity contribution in [3.8, 4) is 11.5 Å². The van der Waals surface area contributed by atoms with Gasteiger partial charge in [0.2, 0.25) is 0 Å². The van der Waals surface area contributed by atoms with Gasteiger partial charge in [-0.1, -0.05) is 29.8 Å². The quantitative estimate of drug-likeness (QED) is 0.696. The number of benzene rings is 2. The fourth-order valence-corrected chi connectivity index (χ4v) is 1.92. The van der Waals surface area contributed by atoms with Crippen molar-refractivity contribution in [1.82, 2.24) is 0 Å². The van der Waals surface area contributed by atoms with Gasteiger partial charge in [-0.3, -0.25) is 0 Å². The molecular formula is C14H12Cl2O. The van der Waals surface area contributed by atoms with Gasteiger partial charge < -0.3 is 4.74 Å². The molecule has 2 rings (SSSR count). The summed E-state index contributed by atoms with van der Waals surface area (Å²) in [5, 5.41) is 0.574. The van der Waals surface area contributed by atoms with Crippen molar-refractivity contribution >= 4 is 23.2 Å². The summed E-state index contributed by atoms with van der Waals surface area (Å²) in [4.78, 5) is 0. The molecular weight excluding hydrogens is 255 g/mol.